The van der Waals surface area contributed by atoms with E-state index in [1.54, 1.807) is 4.57 Å². The van der Waals surface area contributed by atoms with Gasteiger partial charge in [-0.1, -0.05) is 11.2 Å². The highest BCUT2D eigenvalue weighted by Gasteiger charge is 2.22. The summed E-state index contributed by atoms with van der Waals surface area (Å²) in [6.45, 7) is 4.45. The van der Waals surface area contributed by atoms with Crippen molar-refractivity contribution in [2.75, 3.05) is 6.54 Å². The Morgan fingerprint density at radius 2 is 2.36 bits per heavy atom. The molecule has 2 heterocycles. The summed E-state index contributed by atoms with van der Waals surface area (Å²) in [5.74, 6) is -0.0854. The van der Waals surface area contributed by atoms with Crippen LogP contribution < -0.4 is 11.0 Å². The molecule has 0 radical (unpaired) electrons. The van der Waals surface area contributed by atoms with Gasteiger partial charge in [-0.05, 0) is 19.1 Å². The van der Waals surface area contributed by atoms with E-state index in [-0.39, 0.29) is 17.7 Å². The van der Waals surface area contributed by atoms with Crippen molar-refractivity contribution in [1.82, 2.24) is 14.9 Å². The second kappa shape index (κ2) is 5.67. The van der Waals surface area contributed by atoms with Gasteiger partial charge in [-0.3, -0.25) is 9.36 Å². The van der Waals surface area contributed by atoms with Crippen molar-refractivity contribution in [1.29, 1.82) is 0 Å². The number of aryl methyl sites for hydroxylation is 1. The smallest absolute Gasteiger partial charge is 0.326 e. The van der Waals surface area contributed by atoms with Gasteiger partial charge in [0.25, 0.3) is 0 Å². The zero-order valence-corrected chi connectivity index (χ0v) is 12.5. The molecule has 1 atom stereocenters. The first-order valence-corrected chi connectivity index (χ1v) is 7.28. The normalized spacial score (nSPS) is 17.4. The zero-order valence-electron chi connectivity index (χ0n) is 12.5. The lowest BCUT2D eigenvalue weighted by Gasteiger charge is -2.07. The quantitative estimate of drug-likeness (QED) is 0.882. The molecule has 0 bridgehead atoms. The molecule has 1 aliphatic rings. The summed E-state index contributed by atoms with van der Waals surface area (Å²) in [5.41, 5.74) is 3.32. The number of carbonyl (C=O) groups excluding carboxylic acids is 1. The predicted molar refractivity (Wildman–Crippen MR) is 82.9 cm³/mol. The van der Waals surface area contributed by atoms with E-state index in [1.165, 1.54) is 6.92 Å². The van der Waals surface area contributed by atoms with Gasteiger partial charge in [-0.2, -0.15) is 0 Å². The summed E-state index contributed by atoms with van der Waals surface area (Å²) in [7, 11) is 0. The average molecular weight is 302 g/mol. The van der Waals surface area contributed by atoms with Gasteiger partial charge in [0.05, 0.1) is 23.3 Å². The Hall–Kier alpha value is -2.57. The molecule has 1 aromatic heterocycles. The van der Waals surface area contributed by atoms with Crippen LogP contribution >= 0.6 is 0 Å². The van der Waals surface area contributed by atoms with Crippen molar-refractivity contribution in [3.05, 3.63) is 34.2 Å². The molecule has 3 rings (SSSR count). The van der Waals surface area contributed by atoms with Crippen molar-refractivity contribution in [3.8, 4) is 0 Å². The molecule has 0 fully saturated rings. The summed E-state index contributed by atoms with van der Waals surface area (Å²) < 4.78 is 1.68. The third-order valence-electron chi connectivity index (χ3n) is 3.74. The average Bonchev–Trinajstić information content (AvgIpc) is 3.07. The number of H-pyrrole nitrogens is 1. The van der Waals surface area contributed by atoms with Gasteiger partial charge in [0.1, 0.15) is 6.10 Å². The van der Waals surface area contributed by atoms with E-state index >= 15 is 0 Å². The maximum Gasteiger partial charge on any atom is 0.326 e. The van der Waals surface area contributed by atoms with Crippen LogP contribution in [0.4, 0.5) is 0 Å². The molecule has 22 heavy (non-hydrogen) atoms. The molecule has 1 aromatic carbocycles. The van der Waals surface area contributed by atoms with Crippen molar-refractivity contribution >= 4 is 22.7 Å². The predicted octanol–water partition coefficient (Wildman–Crippen LogP) is 0.979. The number of oxime groups is 1. The minimum atomic E-state index is -0.144. The number of amides is 1. The Balaban J connectivity index is 1.82. The second-order valence-corrected chi connectivity index (χ2v) is 5.31. The zero-order chi connectivity index (χ0) is 15.7. The van der Waals surface area contributed by atoms with E-state index in [2.05, 4.69) is 15.5 Å². The molecule has 0 saturated carbocycles. The first-order chi connectivity index (χ1) is 10.6. The molecule has 116 valence electrons. The molecule has 0 unspecified atom stereocenters. The van der Waals surface area contributed by atoms with Crippen LogP contribution in [0.25, 0.3) is 11.0 Å². The van der Waals surface area contributed by atoms with Crippen LogP contribution in [0, 0.1) is 0 Å². The minimum Gasteiger partial charge on any atom is -0.390 e. The Morgan fingerprint density at radius 1 is 1.55 bits per heavy atom. The molecule has 2 N–H and O–H groups in total. The maximum absolute atomic E-state index is 11.8. The Morgan fingerprint density at radius 3 is 3.09 bits per heavy atom. The van der Waals surface area contributed by atoms with Crippen LogP contribution in [0.2, 0.25) is 0 Å². The first kappa shape index (κ1) is 14.4. The Kier molecular flexibility index (Phi) is 3.70. The number of benzene rings is 1. The molecule has 7 nitrogen and oxygen atoms in total. The molecule has 1 amide bonds. The van der Waals surface area contributed by atoms with Gasteiger partial charge >= 0.3 is 5.69 Å². The van der Waals surface area contributed by atoms with Crippen LogP contribution in [-0.4, -0.2) is 33.8 Å². The summed E-state index contributed by atoms with van der Waals surface area (Å²) in [6.07, 6.45) is 0.487. The highest BCUT2D eigenvalue weighted by Crippen LogP contribution is 2.20. The van der Waals surface area contributed by atoms with Crippen molar-refractivity contribution in [2.24, 2.45) is 5.16 Å². The number of aromatic nitrogens is 2. The van der Waals surface area contributed by atoms with Gasteiger partial charge < -0.3 is 15.1 Å². The summed E-state index contributed by atoms with van der Waals surface area (Å²) in [6, 6.07) is 5.74. The van der Waals surface area contributed by atoms with Gasteiger partial charge in [0.2, 0.25) is 5.91 Å². The monoisotopic (exact) mass is 302 g/mol. The highest BCUT2D eigenvalue weighted by molar-refractivity contribution is 6.03. The number of aromatic amines is 1. The Labute approximate surface area is 127 Å². The van der Waals surface area contributed by atoms with E-state index in [9.17, 15) is 9.59 Å². The number of nitrogens with zero attached hydrogens (tertiary/aromatic N) is 2. The van der Waals surface area contributed by atoms with E-state index < -0.39 is 0 Å². The molecule has 7 heteroatoms. The Bertz CT molecular complexity index is 803. The van der Waals surface area contributed by atoms with Gasteiger partial charge in [-0.25, -0.2) is 4.79 Å². The lowest BCUT2D eigenvalue weighted by atomic mass is 10.0. The maximum atomic E-state index is 11.8. The molecular formula is C15H18N4O3. The summed E-state index contributed by atoms with van der Waals surface area (Å²) in [4.78, 5) is 30.9. The third-order valence-corrected chi connectivity index (χ3v) is 3.74. The van der Waals surface area contributed by atoms with Crippen molar-refractivity contribution in [3.63, 3.8) is 0 Å². The molecule has 0 aliphatic carbocycles. The SMILES string of the molecule is CCn1c(=O)[nH]c2ccc(C3=NO[C@H](CNC(C)=O)C3)cc21. The summed E-state index contributed by atoms with van der Waals surface area (Å²) >= 11 is 0. The van der Waals surface area contributed by atoms with Gasteiger partial charge in [0.15, 0.2) is 0 Å². The van der Waals surface area contributed by atoms with E-state index in [0.29, 0.717) is 19.5 Å². The van der Waals surface area contributed by atoms with E-state index in [4.69, 9.17) is 4.84 Å². The molecule has 0 spiro atoms. The van der Waals surface area contributed by atoms with Crippen LogP contribution in [-0.2, 0) is 16.2 Å². The van der Waals surface area contributed by atoms with Gasteiger partial charge in [-0.15, -0.1) is 0 Å². The molecular weight excluding hydrogens is 284 g/mol. The number of fused-ring (bicyclic) bond motifs is 1. The molecule has 1 aliphatic heterocycles. The highest BCUT2D eigenvalue weighted by atomic mass is 16.6. The van der Waals surface area contributed by atoms with Crippen LogP contribution in [0.3, 0.4) is 0 Å². The van der Waals surface area contributed by atoms with Crippen molar-refractivity contribution < 1.29 is 9.63 Å². The number of imidazole rings is 1. The van der Waals surface area contributed by atoms with Crippen LogP contribution in [0.1, 0.15) is 25.8 Å². The third kappa shape index (κ3) is 2.61. The molecule has 2 aromatic rings. The first-order valence-electron chi connectivity index (χ1n) is 7.28. The second-order valence-electron chi connectivity index (χ2n) is 5.31. The number of carbonyl (C=O) groups is 1. The largest absolute Gasteiger partial charge is 0.390 e. The van der Waals surface area contributed by atoms with Crippen molar-refractivity contribution in [2.45, 2.75) is 32.9 Å². The lowest BCUT2D eigenvalue weighted by molar-refractivity contribution is -0.119. The fourth-order valence-electron chi connectivity index (χ4n) is 2.61. The van der Waals surface area contributed by atoms with Crippen LogP contribution in [0.5, 0.6) is 0 Å². The summed E-state index contributed by atoms with van der Waals surface area (Å²) in [5, 5.41) is 6.83. The number of hydrogen-bond donors (Lipinski definition) is 2. The minimum absolute atomic E-state index is 0.0854. The topological polar surface area (TPSA) is 88.5 Å². The molecule has 0 saturated heterocycles. The number of hydrogen-bond acceptors (Lipinski definition) is 4. The van der Waals surface area contributed by atoms with E-state index in [0.717, 1.165) is 22.3 Å². The fraction of sp³-hybridized carbons (Fsp3) is 0.400. The fourth-order valence-corrected chi connectivity index (χ4v) is 2.61. The lowest BCUT2D eigenvalue weighted by Crippen LogP contribution is -2.30. The number of rotatable bonds is 4. The van der Waals surface area contributed by atoms with Gasteiger partial charge in [0, 0.05) is 25.5 Å². The van der Waals surface area contributed by atoms with E-state index in [1.807, 2.05) is 25.1 Å². The number of nitrogens with one attached hydrogen (secondary N) is 2. The van der Waals surface area contributed by atoms with Crippen LogP contribution in [0.15, 0.2) is 28.1 Å². The standard InChI is InChI=1S/C15H18N4O3/c1-3-19-14-6-10(4-5-12(14)17-15(19)21)13-7-11(22-18-13)8-16-9(2)20/h4-6,11H,3,7-8H2,1-2H3,(H,16,20)(H,17,21)/t11-/m0/s1.